The maximum Gasteiger partial charge on any atom is 0.164 e. The summed E-state index contributed by atoms with van der Waals surface area (Å²) in [5, 5.41) is 14.4. The smallest absolute Gasteiger partial charge is 0.164 e. The third-order valence-electron chi connectivity index (χ3n) is 2.59. The van der Waals surface area contributed by atoms with E-state index in [1.54, 1.807) is 0 Å². The zero-order chi connectivity index (χ0) is 11.7. The van der Waals surface area contributed by atoms with Gasteiger partial charge in [-0.05, 0) is 20.8 Å². The molecule has 1 N–H and O–H groups in total. The van der Waals surface area contributed by atoms with Crippen LogP contribution in [0.5, 0.6) is 5.75 Å². The summed E-state index contributed by atoms with van der Waals surface area (Å²) in [6.07, 6.45) is 0. The van der Waals surface area contributed by atoms with Crippen LogP contribution in [0.4, 0.5) is 0 Å². The van der Waals surface area contributed by atoms with Crippen LogP contribution in [0.1, 0.15) is 25.6 Å². The van der Waals surface area contributed by atoms with E-state index < -0.39 is 0 Å². The number of benzene rings is 1. The van der Waals surface area contributed by atoms with Crippen molar-refractivity contribution in [2.24, 2.45) is 0 Å². The topological polar surface area (TPSA) is 38.0 Å². The third kappa shape index (κ3) is 1.69. The summed E-state index contributed by atoms with van der Waals surface area (Å²) in [5.74, 6) is 0.278. The van der Waals surface area contributed by atoms with Gasteiger partial charge in [0.25, 0.3) is 0 Å². The lowest BCUT2D eigenvalue weighted by Gasteiger charge is -2.10. The summed E-state index contributed by atoms with van der Waals surface area (Å²) in [6, 6.07) is 10.1. The molecule has 2 rings (SSSR count). The van der Waals surface area contributed by atoms with Crippen molar-refractivity contribution < 1.29 is 5.11 Å². The first kappa shape index (κ1) is 10.7. The van der Waals surface area contributed by atoms with Crippen molar-refractivity contribution >= 4 is 0 Å². The Bertz CT molecular complexity index is 486. The first-order chi connectivity index (χ1) is 7.61. The molecule has 0 aliphatic heterocycles. The molecule has 2 aromatic rings. The molecule has 0 fully saturated rings. The minimum absolute atomic E-state index is 0.231. The van der Waals surface area contributed by atoms with E-state index in [0.29, 0.717) is 5.69 Å². The van der Waals surface area contributed by atoms with E-state index in [0.717, 1.165) is 11.3 Å². The Morgan fingerprint density at radius 1 is 1.19 bits per heavy atom. The van der Waals surface area contributed by atoms with Crippen molar-refractivity contribution in [2.75, 3.05) is 0 Å². The highest BCUT2D eigenvalue weighted by atomic mass is 16.3. The highest BCUT2D eigenvalue weighted by Crippen LogP contribution is 2.33. The van der Waals surface area contributed by atoms with Crippen LogP contribution in [0.2, 0.25) is 0 Å². The third-order valence-corrected chi connectivity index (χ3v) is 2.59. The number of rotatable bonds is 2. The number of aromatic nitrogens is 2. The van der Waals surface area contributed by atoms with E-state index in [4.69, 9.17) is 0 Å². The molecule has 0 bridgehead atoms. The summed E-state index contributed by atoms with van der Waals surface area (Å²) in [4.78, 5) is 0. The first-order valence-electron chi connectivity index (χ1n) is 5.44. The second kappa shape index (κ2) is 4.00. The van der Waals surface area contributed by atoms with Gasteiger partial charge in [0.05, 0.1) is 0 Å². The summed E-state index contributed by atoms with van der Waals surface area (Å²) >= 11 is 0. The van der Waals surface area contributed by atoms with E-state index in [1.807, 2.05) is 41.9 Å². The Balaban J connectivity index is 2.64. The molecule has 0 aliphatic carbocycles. The number of aromatic hydroxyl groups is 1. The second-order valence-corrected chi connectivity index (χ2v) is 4.19. The van der Waals surface area contributed by atoms with Crippen LogP contribution in [0.3, 0.4) is 0 Å². The summed E-state index contributed by atoms with van der Waals surface area (Å²) < 4.78 is 1.86. The molecule has 0 unspecified atom stereocenters. The number of nitrogens with zero attached hydrogens (tertiary/aromatic N) is 2. The lowest BCUT2D eigenvalue weighted by Crippen LogP contribution is -2.04. The maximum atomic E-state index is 10.0. The van der Waals surface area contributed by atoms with Crippen molar-refractivity contribution in [3.05, 3.63) is 36.0 Å². The van der Waals surface area contributed by atoms with Gasteiger partial charge in [-0.25, -0.2) is 0 Å². The van der Waals surface area contributed by atoms with Gasteiger partial charge in [-0.3, -0.25) is 4.68 Å². The Kier molecular flexibility index (Phi) is 2.69. The molecule has 1 aromatic carbocycles. The highest BCUT2D eigenvalue weighted by molar-refractivity contribution is 5.67. The first-order valence-corrected chi connectivity index (χ1v) is 5.44. The van der Waals surface area contributed by atoms with E-state index in [2.05, 4.69) is 18.9 Å². The van der Waals surface area contributed by atoms with Crippen molar-refractivity contribution in [1.29, 1.82) is 0 Å². The molecule has 1 heterocycles. The average Bonchev–Trinajstić information content (AvgIpc) is 2.57. The van der Waals surface area contributed by atoms with Crippen molar-refractivity contribution in [2.45, 2.75) is 26.8 Å². The summed E-state index contributed by atoms with van der Waals surface area (Å²) in [7, 11) is 0. The fourth-order valence-corrected chi connectivity index (χ4v) is 1.78. The quantitative estimate of drug-likeness (QED) is 0.837. The van der Waals surface area contributed by atoms with Gasteiger partial charge in [-0.15, -0.1) is 0 Å². The van der Waals surface area contributed by atoms with Crippen molar-refractivity contribution in [3.8, 4) is 17.0 Å². The van der Waals surface area contributed by atoms with Gasteiger partial charge < -0.3 is 5.11 Å². The number of hydrogen-bond donors (Lipinski definition) is 1. The summed E-state index contributed by atoms with van der Waals surface area (Å²) in [5.41, 5.74) is 2.47. The molecule has 0 saturated heterocycles. The van der Waals surface area contributed by atoms with Gasteiger partial charge in [0, 0.05) is 11.6 Å². The van der Waals surface area contributed by atoms with Crippen LogP contribution >= 0.6 is 0 Å². The predicted octanol–water partition coefficient (Wildman–Crippen LogP) is 3.15. The minimum Gasteiger partial charge on any atom is -0.504 e. The zero-order valence-electron chi connectivity index (χ0n) is 9.81. The lowest BCUT2D eigenvalue weighted by atomic mass is 10.1. The monoisotopic (exact) mass is 216 g/mol. The Labute approximate surface area is 95.3 Å². The maximum absolute atomic E-state index is 10.0. The van der Waals surface area contributed by atoms with Gasteiger partial charge in [-0.1, -0.05) is 30.3 Å². The molecular weight excluding hydrogens is 200 g/mol. The van der Waals surface area contributed by atoms with E-state index in [-0.39, 0.29) is 11.8 Å². The van der Waals surface area contributed by atoms with Gasteiger partial charge in [0.2, 0.25) is 0 Å². The molecule has 3 nitrogen and oxygen atoms in total. The molecule has 0 amide bonds. The number of hydrogen-bond acceptors (Lipinski definition) is 2. The van der Waals surface area contributed by atoms with Crippen LogP contribution in [0.25, 0.3) is 11.3 Å². The fraction of sp³-hybridized carbons (Fsp3) is 0.308. The van der Waals surface area contributed by atoms with Gasteiger partial charge >= 0.3 is 0 Å². The number of aryl methyl sites for hydroxylation is 1. The van der Waals surface area contributed by atoms with Crippen molar-refractivity contribution in [3.63, 3.8) is 0 Å². The van der Waals surface area contributed by atoms with Gasteiger partial charge in [0.15, 0.2) is 5.75 Å². The molecule has 0 atom stereocenters. The standard InChI is InChI=1S/C13H16N2O/c1-9(2)15-12(13(16)10(3)14-15)11-7-5-4-6-8-11/h4-9,16H,1-3H3. The van der Waals surface area contributed by atoms with E-state index in [9.17, 15) is 5.11 Å². The SMILES string of the molecule is Cc1nn(C(C)C)c(-c2ccccc2)c1O. The molecule has 1 aromatic heterocycles. The molecule has 3 heteroatoms. The van der Waals surface area contributed by atoms with Crippen molar-refractivity contribution in [1.82, 2.24) is 9.78 Å². The predicted molar refractivity (Wildman–Crippen MR) is 64.4 cm³/mol. The summed E-state index contributed by atoms with van der Waals surface area (Å²) in [6.45, 7) is 5.93. The molecule has 0 spiro atoms. The molecule has 16 heavy (non-hydrogen) atoms. The van der Waals surface area contributed by atoms with Crippen LogP contribution < -0.4 is 0 Å². The Morgan fingerprint density at radius 2 is 1.81 bits per heavy atom. The van der Waals surface area contributed by atoms with E-state index >= 15 is 0 Å². The van der Waals surface area contributed by atoms with Crippen LogP contribution in [-0.2, 0) is 0 Å². The average molecular weight is 216 g/mol. The molecular formula is C13H16N2O. The van der Waals surface area contributed by atoms with Gasteiger partial charge in [0.1, 0.15) is 11.4 Å². The fourth-order valence-electron chi connectivity index (χ4n) is 1.78. The lowest BCUT2D eigenvalue weighted by molar-refractivity contribution is 0.471. The largest absolute Gasteiger partial charge is 0.504 e. The molecule has 0 aliphatic rings. The normalized spacial score (nSPS) is 11.0. The Morgan fingerprint density at radius 3 is 2.38 bits per heavy atom. The Hall–Kier alpha value is -1.77. The van der Waals surface area contributed by atoms with E-state index in [1.165, 1.54) is 0 Å². The van der Waals surface area contributed by atoms with Crippen LogP contribution in [0, 0.1) is 6.92 Å². The second-order valence-electron chi connectivity index (χ2n) is 4.19. The highest BCUT2D eigenvalue weighted by Gasteiger charge is 2.17. The zero-order valence-corrected chi connectivity index (χ0v) is 9.81. The molecule has 0 saturated carbocycles. The van der Waals surface area contributed by atoms with Crippen LogP contribution in [0.15, 0.2) is 30.3 Å². The van der Waals surface area contributed by atoms with Crippen LogP contribution in [-0.4, -0.2) is 14.9 Å². The minimum atomic E-state index is 0.231. The molecule has 0 radical (unpaired) electrons. The van der Waals surface area contributed by atoms with Gasteiger partial charge in [-0.2, -0.15) is 5.10 Å². The molecule has 84 valence electrons.